The minimum Gasteiger partial charge on any atom is -0.310 e. The molecule has 1 nitrogen and oxygen atoms in total. The summed E-state index contributed by atoms with van der Waals surface area (Å²) in [7, 11) is 0. The van der Waals surface area contributed by atoms with Crippen molar-refractivity contribution in [3.63, 3.8) is 0 Å². The lowest BCUT2D eigenvalue weighted by Crippen LogP contribution is -2.22. The van der Waals surface area contributed by atoms with Crippen LogP contribution >= 0.6 is 22.9 Å². The molecule has 18 heavy (non-hydrogen) atoms. The molecule has 1 heterocycles. The Bertz CT molecular complexity index is 531. The van der Waals surface area contributed by atoms with Gasteiger partial charge < -0.3 is 5.32 Å². The van der Waals surface area contributed by atoms with Gasteiger partial charge in [-0.3, -0.25) is 0 Å². The van der Waals surface area contributed by atoms with Crippen LogP contribution in [0.25, 0.3) is 10.4 Å². The smallest absolute Gasteiger partial charge is 0.0934 e. The Morgan fingerprint density at radius 2 is 2.00 bits per heavy atom. The Balaban J connectivity index is 2.34. The number of rotatable bonds is 4. The molecule has 0 aliphatic carbocycles. The molecule has 0 amide bonds. The van der Waals surface area contributed by atoms with Gasteiger partial charge in [-0.25, -0.2) is 0 Å². The lowest BCUT2D eigenvalue weighted by atomic mass is 10.0. The van der Waals surface area contributed by atoms with E-state index < -0.39 is 0 Å². The first kappa shape index (κ1) is 13.6. The first-order valence-corrected chi connectivity index (χ1v) is 7.34. The number of hydrogen-bond acceptors (Lipinski definition) is 2. The Morgan fingerprint density at radius 3 is 2.61 bits per heavy atom. The summed E-state index contributed by atoms with van der Waals surface area (Å²) in [6, 6.07) is 11.2. The molecule has 0 fully saturated rings. The fourth-order valence-electron chi connectivity index (χ4n) is 1.85. The molecular weight excluding hydrogens is 262 g/mol. The van der Waals surface area contributed by atoms with Gasteiger partial charge >= 0.3 is 0 Å². The summed E-state index contributed by atoms with van der Waals surface area (Å²) in [5, 5.41) is 3.47. The van der Waals surface area contributed by atoms with Gasteiger partial charge in [-0.2, -0.15) is 0 Å². The van der Waals surface area contributed by atoms with Crippen LogP contribution in [0, 0.1) is 6.92 Å². The van der Waals surface area contributed by atoms with Gasteiger partial charge in [-0.15, -0.1) is 11.3 Å². The standard InChI is InChI=1S/C15H18ClNS/c1-10(2)17-9-12-5-4-11(3)8-13(12)14-6-7-15(16)18-14/h4-8,10,17H,9H2,1-3H3. The largest absolute Gasteiger partial charge is 0.310 e. The maximum Gasteiger partial charge on any atom is 0.0934 e. The third-order valence-electron chi connectivity index (χ3n) is 2.80. The van der Waals surface area contributed by atoms with E-state index in [0.717, 1.165) is 10.9 Å². The highest BCUT2D eigenvalue weighted by molar-refractivity contribution is 7.19. The van der Waals surface area contributed by atoms with Gasteiger partial charge in [0.1, 0.15) is 0 Å². The predicted molar refractivity (Wildman–Crippen MR) is 81.5 cm³/mol. The topological polar surface area (TPSA) is 12.0 Å². The zero-order valence-electron chi connectivity index (χ0n) is 11.0. The first-order valence-electron chi connectivity index (χ1n) is 6.15. The predicted octanol–water partition coefficient (Wildman–Crippen LogP) is 4.87. The SMILES string of the molecule is Cc1ccc(CNC(C)C)c(-c2ccc(Cl)s2)c1. The van der Waals surface area contributed by atoms with Gasteiger partial charge in [0.15, 0.2) is 0 Å². The highest BCUT2D eigenvalue weighted by Crippen LogP contribution is 2.33. The number of halogens is 1. The molecule has 3 heteroatoms. The van der Waals surface area contributed by atoms with Crippen molar-refractivity contribution in [3.05, 3.63) is 45.8 Å². The summed E-state index contributed by atoms with van der Waals surface area (Å²) in [6.45, 7) is 7.34. The fraction of sp³-hybridized carbons (Fsp3) is 0.333. The molecule has 1 aromatic carbocycles. The van der Waals surface area contributed by atoms with Gasteiger partial charge in [0.05, 0.1) is 4.34 Å². The molecule has 0 saturated heterocycles. The summed E-state index contributed by atoms with van der Waals surface area (Å²) in [6.07, 6.45) is 0. The molecule has 0 aliphatic heterocycles. The van der Waals surface area contributed by atoms with Crippen LogP contribution in [0.3, 0.4) is 0 Å². The van der Waals surface area contributed by atoms with E-state index in [0.29, 0.717) is 6.04 Å². The van der Waals surface area contributed by atoms with Crippen molar-refractivity contribution in [2.75, 3.05) is 0 Å². The van der Waals surface area contributed by atoms with E-state index in [4.69, 9.17) is 11.6 Å². The molecular formula is C15H18ClNS. The summed E-state index contributed by atoms with van der Waals surface area (Å²) >= 11 is 7.67. The van der Waals surface area contributed by atoms with Crippen molar-refractivity contribution >= 4 is 22.9 Å². The summed E-state index contributed by atoms with van der Waals surface area (Å²) in [5.41, 5.74) is 3.90. The fourth-order valence-corrected chi connectivity index (χ4v) is 2.94. The van der Waals surface area contributed by atoms with Crippen molar-refractivity contribution in [3.8, 4) is 10.4 Å². The number of nitrogens with one attached hydrogen (secondary N) is 1. The molecule has 1 aromatic heterocycles. The summed E-state index contributed by atoms with van der Waals surface area (Å²) in [4.78, 5) is 1.24. The molecule has 0 radical (unpaired) electrons. The van der Waals surface area contributed by atoms with Gasteiger partial charge in [-0.1, -0.05) is 49.2 Å². The van der Waals surface area contributed by atoms with Crippen LogP contribution in [0.15, 0.2) is 30.3 Å². The summed E-state index contributed by atoms with van der Waals surface area (Å²) in [5.74, 6) is 0. The van der Waals surface area contributed by atoms with Crippen LogP contribution in [0.4, 0.5) is 0 Å². The van der Waals surface area contributed by atoms with E-state index in [-0.39, 0.29) is 0 Å². The molecule has 96 valence electrons. The third-order valence-corrected chi connectivity index (χ3v) is 4.07. The molecule has 0 unspecified atom stereocenters. The third kappa shape index (κ3) is 3.35. The van der Waals surface area contributed by atoms with E-state index >= 15 is 0 Å². The Kier molecular flexibility index (Phi) is 4.44. The van der Waals surface area contributed by atoms with E-state index in [2.05, 4.69) is 50.4 Å². The second-order valence-electron chi connectivity index (χ2n) is 4.80. The van der Waals surface area contributed by atoms with Crippen molar-refractivity contribution in [2.45, 2.75) is 33.4 Å². The van der Waals surface area contributed by atoms with Crippen molar-refractivity contribution in [1.29, 1.82) is 0 Å². The normalized spacial score (nSPS) is 11.2. The monoisotopic (exact) mass is 279 g/mol. The zero-order valence-corrected chi connectivity index (χ0v) is 12.5. The molecule has 2 aromatic rings. The Labute approximate surface area is 118 Å². The number of benzene rings is 1. The molecule has 0 bridgehead atoms. The van der Waals surface area contributed by atoms with Crippen LogP contribution in [0.1, 0.15) is 25.0 Å². The van der Waals surface area contributed by atoms with E-state index in [1.165, 1.54) is 21.6 Å². The second kappa shape index (κ2) is 5.87. The van der Waals surface area contributed by atoms with E-state index in [1.807, 2.05) is 6.07 Å². The van der Waals surface area contributed by atoms with Crippen LogP contribution in [-0.2, 0) is 6.54 Å². The molecule has 0 saturated carbocycles. The van der Waals surface area contributed by atoms with Crippen LogP contribution in [0.2, 0.25) is 4.34 Å². The van der Waals surface area contributed by atoms with E-state index in [1.54, 1.807) is 11.3 Å². The maximum atomic E-state index is 6.03. The molecule has 0 spiro atoms. The Morgan fingerprint density at radius 1 is 1.22 bits per heavy atom. The van der Waals surface area contributed by atoms with Crippen molar-refractivity contribution in [2.24, 2.45) is 0 Å². The van der Waals surface area contributed by atoms with Crippen molar-refractivity contribution < 1.29 is 0 Å². The van der Waals surface area contributed by atoms with Crippen molar-refractivity contribution in [1.82, 2.24) is 5.32 Å². The van der Waals surface area contributed by atoms with Crippen LogP contribution in [0.5, 0.6) is 0 Å². The van der Waals surface area contributed by atoms with Gasteiger partial charge in [0.25, 0.3) is 0 Å². The average Bonchev–Trinajstić information content (AvgIpc) is 2.74. The molecule has 2 rings (SSSR count). The van der Waals surface area contributed by atoms with Gasteiger partial charge in [-0.05, 0) is 30.2 Å². The molecule has 1 N–H and O–H groups in total. The molecule has 0 atom stereocenters. The van der Waals surface area contributed by atoms with Gasteiger partial charge in [0, 0.05) is 17.5 Å². The highest BCUT2D eigenvalue weighted by atomic mass is 35.5. The number of thiophene rings is 1. The summed E-state index contributed by atoms with van der Waals surface area (Å²) < 4.78 is 0.842. The minimum absolute atomic E-state index is 0.492. The average molecular weight is 280 g/mol. The second-order valence-corrected chi connectivity index (χ2v) is 6.52. The molecule has 0 aliphatic rings. The quantitative estimate of drug-likeness (QED) is 0.841. The van der Waals surface area contributed by atoms with Gasteiger partial charge in [0.2, 0.25) is 0 Å². The van der Waals surface area contributed by atoms with Crippen LogP contribution < -0.4 is 5.32 Å². The minimum atomic E-state index is 0.492. The maximum absolute atomic E-state index is 6.03. The van der Waals surface area contributed by atoms with E-state index in [9.17, 15) is 0 Å². The van der Waals surface area contributed by atoms with Crippen LogP contribution in [-0.4, -0.2) is 6.04 Å². The Hall–Kier alpha value is -0.830. The lowest BCUT2D eigenvalue weighted by Gasteiger charge is -2.12. The highest BCUT2D eigenvalue weighted by Gasteiger charge is 2.08. The zero-order chi connectivity index (χ0) is 13.1. The lowest BCUT2D eigenvalue weighted by molar-refractivity contribution is 0.589. The number of aryl methyl sites for hydroxylation is 1. The number of hydrogen-bond donors (Lipinski definition) is 1. The first-order chi connectivity index (χ1) is 8.56.